The number of nitrogens with one attached hydrogen (secondary N) is 1. The monoisotopic (exact) mass is 673 g/mol. The van der Waals surface area contributed by atoms with Crippen molar-refractivity contribution in [1.82, 2.24) is 5.32 Å². The minimum Gasteiger partial charge on any atom is -0.508 e. The van der Waals surface area contributed by atoms with E-state index in [4.69, 9.17) is 4.74 Å². The highest BCUT2D eigenvalue weighted by atomic mass is 127. The van der Waals surface area contributed by atoms with Crippen LogP contribution in [0.3, 0.4) is 0 Å². The zero-order chi connectivity index (χ0) is 24.1. The van der Waals surface area contributed by atoms with E-state index in [0.717, 1.165) is 18.3 Å². The Morgan fingerprint density at radius 3 is 2.18 bits per heavy atom. The fourth-order valence-electron chi connectivity index (χ4n) is 3.23. The van der Waals surface area contributed by atoms with Gasteiger partial charge in [0.1, 0.15) is 23.3 Å². The van der Waals surface area contributed by atoms with Crippen LogP contribution in [-0.4, -0.2) is 33.2 Å². The number of carboxylic acids is 1. The first kappa shape index (κ1) is 25.1. The van der Waals surface area contributed by atoms with Gasteiger partial charge in [-0.2, -0.15) is 0 Å². The van der Waals surface area contributed by atoms with Gasteiger partial charge in [0.2, 0.25) is 5.91 Å². The molecular weight excluding hydrogens is 652 g/mol. The maximum Gasteiger partial charge on any atom is 0.326 e. The van der Waals surface area contributed by atoms with Crippen molar-refractivity contribution < 1.29 is 29.6 Å². The molecule has 0 bridgehead atoms. The van der Waals surface area contributed by atoms with Gasteiger partial charge in [0.15, 0.2) is 5.75 Å². The lowest BCUT2D eigenvalue weighted by Crippen LogP contribution is -2.41. The Morgan fingerprint density at radius 2 is 1.61 bits per heavy atom. The number of carbonyl (C=O) groups excluding carboxylic acids is 1. The van der Waals surface area contributed by atoms with E-state index in [1.54, 1.807) is 42.5 Å². The predicted molar refractivity (Wildman–Crippen MR) is 140 cm³/mol. The Labute approximate surface area is 218 Å². The molecule has 0 aliphatic carbocycles. The van der Waals surface area contributed by atoms with Crippen LogP contribution < -0.4 is 10.1 Å². The van der Waals surface area contributed by atoms with Crippen molar-refractivity contribution in [3.05, 3.63) is 78.4 Å². The molecule has 3 rings (SSSR count). The second-order valence-corrected chi connectivity index (χ2v) is 9.74. The minimum absolute atomic E-state index is 0.146. The summed E-state index contributed by atoms with van der Waals surface area (Å²) in [6.45, 7) is 1.29. The number of ether oxygens (including phenoxy) is 1. The van der Waals surface area contributed by atoms with Gasteiger partial charge in [-0.05, 0) is 98.8 Å². The van der Waals surface area contributed by atoms with E-state index in [-0.39, 0.29) is 17.9 Å². The van der Waals surface area contributed by atoms with E-state index in [1.165, 1.54) is 6.92 Å². The molecule has 0 heterocycles. The summed E-state index contributed by atoms with van der Waals surface area (Å²) in [7, 11) is 0. The third kappa shape index (κ3) is 6.97. The molecule has 0 spiro atoms. The average molecular weight is 673 g/mol. The average Bonchev–Trinajstić information content (AvgIpc) is 2.73. The zero-order valence-corrected chi connectivity index (χ0v) is 21.8. The highest BCUT2D eigenvalue weighted by Gasteiger charge is 2.20. The molecule has 0 saturated heterocycles. The third-order valence-electron chi connectivity index (χ3n) is 4.78. The quantitative estimate of drug-likeness (QED) is 0.255. The van der Waals surface area contributed by atoms with Crippen molar-refractivity contribution in [1.29, 1.82) is 0 Å². The predicted octanol–water partition coefficient (Wildman–Crippen LogP) is 4.82. The van der Waals surface area contributed by atoms with Crippen molar-refractivity contribution in [2.75, 3.05) is 0 Å². The first-order valence-corrected chi connectivity index (χ1v) is 12.0. The number of benzene rings is 3. The van der Waals surface area contributed by atoms with E-state index in [2.05, 4.69) is 50.5 Å². The van der Waals surface area contributed by atoms with Gasteiger partial charge in [0.25, 0.3) is 0 Å². The summed E-state index contributed by atoms with van der Waals surface area (Å²) in [6.07, 6.45) is 0.618. The van der Waals surface area contributed by atoms with Crippen molar-refractivity contribution >= 4 is 57.1 Å². The second kappa shape index (κ2) is 11.1. The third-order valence-corrected chi connectivity index (χ3v) is 6.38. The van der Waals surface area contributed by atoms with Gasteiger partial charge in [0, 0.05) is 25.3 Å². The van der Waals surface area contributed by atoms with Crippen LogP contribution in [0.5, 0.6) is 23.0 Å². The molecule has 0 unspecified atom stereocenters. The fourth-order valence-corrected chi connectivity index (χ4v) is 5.34. The Morgan fingerprint density at radius 1 is 0.970 bits per heavy atom. The second-order valence-electron chi connectivity index (χ2n) is 7.42. The van der Waals surface area contributed by atoms with E-state index < -0.39 is 17.9 Å². The first-order valence-electron chi connectivity index (χ1n) is 9.88. The smallest absolute Gasteiger partial charge is 0.326 e. The topological polar surface area (TPSA) is 116 Å². The number of carboxylic acid groups (broad SMARTS) is 1. The molecule has 1 atom stereocenters. The van der Waals surface area contributed by atoms with Crippen molar-refractivity contribution in [2.24, 2.45) is 0 Å². The van der Waals surface area contributed by atoms with Crippen molar-refractivity contribution in [3.8, 4) is 23.0 Å². The lowest BCUT2D eigenvalue weighted by Gasteiger charge is -2.16. The summed E-state index contributed by atoms with van der Waals surface area (Å²) in [5.74, 6) is -0.00493. The van der Waals surface area contributed by atoms with Crippen LogP contribution in [0.1, 0.15) is 23.6 Å². The van der Waals surface area contributed by atoms with Crippen LogP contribution in [0.25, 0.3) is 0 Å². The number of phenolic OH excluding ortho intramolecular Hbond substituents is 2. The molecule has 0 aliphatic rings. The van der Waals surface area contributed by atoms with Gasteiger partial charge in [-0.25, -0.2) is 4.79 Å². The summed E-state index contributed by atoms with van der Waals surface area (Å²) < 4.78 is 7.69. The molecule has 0 radical (unpaired) electrons. The maximum atomic E-state index is 11.4. The first-order chi connectivity index (χ1) is 15.6. The number of rotatable bonds is 8. The minimum atomic E-state index is -1.10. The summed E-state index contributed by atoms with van der Waals surface area (Å²) in [5.41, 5.74) is 2.37. The Kier molecular flexibility index (Phi) is 8.40. The number of aliphatic carboxylic acids is 1. The lowest BCUT2D eigenvalue weighted by atomic mass is 10.0. The molecule has 172 valence electrons. The van der Waals surface area contributed by atoms with E-state index >= 15 is 0 Å². The molecule has 33 heavy (non-hydrogen) atoms. The molecule has 7 nitrogen and oxygen atoms in total. The molecular formula is C24H21I2NO6. The van der Waals surface area contributed by atoms with Gasteiger partial charge in [-0.15, -0.1) is 0 Å². The van der Waals surface area contributed by atoms with E-state index in [0.29, 0.717) is 23.5 Å². The highest BCUT2D eigenvalue weighted by molar-refractivity contribution is 14.1. The number of phenols is 2. The van der Waals surface area contributed by atoms with Crippen LogP contribution >= 0.6 is 45.2 Å². The SMILES string of the molecule is CC(=O)N[C@H](Cc1cc(I)c(Oc2ccc(O)c(Cc3ccc(O)cc3)c2)c(I)c1)C(=O)O. The maximum absolute atomic E-state index is 11.4. The Balaban J connectivity index is 1.81. The number of halogens is 2. The molecule has 0 fully saturated rings. The van der Waals surface area contributed by atoms with Crippen LogP contribution in [-0.2, 0) is 22.4 Å². The summed E-state index contributed by atoms with van der Waals surface area (Å²) in [5, 5.41) is 31.5. The molecule has 0 aromatic heterocycles. The van der Waals surface area contributed by atoms with Gasteiger partial charge in [0.05, 0.1) is 7.14 Å². The number of hydrogen-bond acceptors (Lipinski definition) is 5. The zero-order valence-electron chi connectivity index (χ0n) is 17.5. The van der Waals surface area contributed by atoms with E-state index in [9.17, 15) is 24.9 Å². The number of aromatic hydroxyl groups is 2. The van der Waals surface area contributed by atoms with Crippen molar-refractivity contribution in [2.45, 2.75) is 25.8 Å². The molecule has 0 aliphatic heterocycles. The molecule has 0 saturated carbocycles. The highest BCUT2D eigenvalue weighted by Crippen LogP contribution is 2.35. The lowest BCUT2D eigenvalue weighted by molar-refractivity contribution is -0.141. The van der Waals surface area contributed by atoms with Crippen LogP contribution in [0.15, 0.2) is 54.6 Å². The number of carbonyl (C=O) groups is 2. The fraction of sp³-hybridized carbons (Fsp3) is 0.167. The molecule has 4 N–H and O–H groups in total. The summed E-state index contributed by atoms with van der Waals surface area (Å²) in [4.78, 5) is 22.7. The number of hydrogen-bond donors (Lipinski definition) is 4. The standard InChI is InChI=1S/C24H21I2NO6/c1-13(28)27-21(24(31)32)11-15-9-19(25)23(20(26)10-15)33-18-6-7-22(30)16(12-18)8-14-2-4-17(29)5-3-14/h2-7,9-10,12,21,29-30H,8,11H2,1H3,(H,27,28)(H,31,32)/t21-/m1/s1. The van der Waals surface area contributed by atoms with Crippen LogP contribution in [0, 0.1) is 7.14 Å². The largest absolute Gasteiger partial charge is 0.508 e. The molecule has 9 heteroatoms. The Hall–Kier alpha value is -2.54. The van der Waals surface area contributed by atoms with Crippen molar-refractivity contribution in [3.63, 3.8) is 0 Å². The number of amides is 1. The molecule has 3 aromatic carbocycles. The van der Waals surface area contributed by atoms with Gasteiger partial charge < -0.3 is 25.4 Å². The normalized spacial score (nSPS) is 11.6. The summed E-state index contributed by atoms with van der Waals surface area (Å²) in [6, 6.07) is 14.4. The van der Waals surface area contributed by atoms with E-state index in [1.807, 2.05) is 12.1 Å². The van der Waals surface area contributed by atoms with Gasteiger partial charge in [-0.3, -0.25) is 4.79 Å². The summed E-state index contributed by atoms with van der Waals surface area (Å²) >= 11 is 4.25. The Bertz CT molecular complexity index is 1160. The van der Waals surface area contributed by atoms with Crippen LogP contribution in [0.4, 0.5) is 0 Å². The molecule has 3 aromatic rings. The van der Waals surface area contributed by atoms with Crippen LogP contribution in [0.2, 0.25) is 0 Å². The van der Waals surface area contributed by atoms with Gasteiger partial charge in [-0.1, -0.05) is 12.1 Å². The van der Waals surface area contributed by atoms with Gasteiger partial charge >= 0.3 is 5.97 Å². The molecule has 1 amide bonds.